The highest BCUT2D eigenvalue weighted by Crippen LogP contribution is 2.21. The Hall–Kier alpha value is -0.900. The van der Waals surface area contributed by atoms with Crippen molar-refractivity contribution >= 4 is 34.3 Å². The Balaban J connectivity index is 1.86. The predicted octanol–water partition coefficient (Wildman–Crippen LogP) is 3.83. The second kappa shape index (κ2) is 6.88. The molecule has 1 aromatic carbocycles. The van der Waals surface area contributed by atoms with Gasteiger partial charge in [-0.2, -0.15) is 11.8 Å². The molecule has 1 heterocycles. The molecule has 1 aromatic heterocycles. The molecule has 0 aliphatic carbocycles. The average molecular weight is 281 g/mol. The highest BCUT2D eigenvalue weighted by molar-refractivity contribution is 7.99. The van der Waals surface area contributed by atoms with Crippen LogP contribution in [0.2, 0.25) is 5.02 Å². The average Bonchev–Trinajstić information content (AvgIpc) is 2.76. The summed E-state index contributed by atoms with van der Waals surface area (Å²) in [5.74, 6) is 2.13. The van der Waals surface area contributed by atoms with E-state index >= 15 is 0 Å². The van der Waals surface area contributed by atoms with Crippen LogP contribution in [0.4, 0.5) is 0 Å². The summed E-state index contributed by atoms with van der Waals surface area (Å²) >= 11 is 7.85. The van der Waals surface area contributed by atoms with Gasteiger partial charge < -0.3 is 10.3 Å². The molecule has 4 heteroatoms. The lowest BCUT2D eigenvalue weighted by Crippen LogP contribution is -2.16. The summed E-state index contributed by atoms with van der Waals surface area (Å²) in [5.41, 5.74) is 2.38. The molecule has 0 amide bonds. The first-order valence-corrected chi connectivity index (χ1v) is 7.49. The van der Waals surface area contributed by atoms with Gasteiger partial charge >= 0.3 is 0 Å². The summed E-state index contributed by atoms with van der Waals surface area (Å²) in [6.07, 6.45) is 3.99. The van der Waals surface area contributed by atoms with Crippen molar-refractivity contribution in [2.75, 3.05) is 18.1 Å². The molecule has 0 bridgehead atoms. The molecule has 0 fully saturated rings. The number of rotatable bonds is 7. The van der Waals surface area contributed by atoms with E-state index < -0.39 is 0 Å². The van der Waals surface area contributed by atoms with Crippen LogP contribution in [0.5, 0.6) is 0 Å². The van der Waals surface area contributed by atoms with Crippen molar-refractivity contribution in [2.45, 2.75) is 6.54 Å². The van der Waals surface area contributed by atoms with Crippen LogP contribution in [0.3, 0.4) is 0 Å². The maximum atomic E-state index is 5.96. The van der Waals surface area contributed by atoms with E-state index in [1.807, 2.05) is 36.2 Å². The number of aromatic nitrogens is 1. The summed E-state index contributed by atoms with van der Waals surface area (Å²) in [6.45, 7) is 5.60. The van der Waals surface area contributed by atoms with Gasteiger partial charge in [-0.15, -0.1) is 6.58 Å². The minimum atomic E-state index is 0.768. The number of hydrogen-bond acceptors (Lipinski definition) is 2. The normalized spacial score (nSPS) is 10.9. The van der Waals surface area contributed by atoms with Crippen molar-refractivity contribution in [3.8, 4) is 0 Å². The van der Waals surface area contributed by atoms with Crippen LogP contribution in [0.25, 0.3) is 10.9 Å². The Morgan fingerprint density at radius 3 is 3.17 bits per heavy atom. The van der Waals surface area contributed by atoms with E-state index in [9.17, 15) is 0 Å². The molecule has 96 valence electrons. The molecular formula is C14H17ClN2S. The molecule has 0 saturated carbocycles. The molecular weight excluding hydrogens is 264 g/mol. The van der Waals surface area contributed by atoms with Crippen LogP contribution in [0.15, 0.2) is 37.1 Å². The van der Waals surface area contributed by atoms with Gasteiger partial charge in [-0.25, -0.2) is 0 Å². The van der Waals surface area contributed by atoms with Gasteiger partial charge in [0.05, 0.1) is 0 Å². The number of nitrogens with one attached hydrogen (secondary N) is 2. The first-order chi connectivity index (χ1) is 8.81. The Morgan fingerprint density at radius 2 is 2.33 bits per heavy atom. The number of hydrogen-bond donors (Lipinski definition) is 2. The number of thioether (sulfide) groups is 1. The van der Waals surface area contributed by atoms with Crippen LogP contribution in [0.1, 0.15) is 5.56 Å². The van der Waals surface area contributed by atoms with Gasteiger partial charge in [0.1, 0.15) is 0 Å². The molecule has 0 radical (unpaired) electrons. The Bertz CT molecular complexity index is 521. The summed E-state index contributed by atoms with van der Waals surface area (Å²) in [6, 6.07) is 5.96. The van der Waals surface area contributed by atoms with E-state index in [1.165, 1.54) is 10.9 Å². The van der Waals surface area contributed by atoms with Gasteiger partial charge in [-0.05, 0) is 17.7 Å². The van der Waals surface area contributed by atoms with Crippen LogP contribution in [-0.2, 0) is 6.54 Å². The maximum Gasteiger partial charge on any atom is 0.0472 e. The van der Waals surface area contributed by atoms with Crippen molar-refractivity contribution in [3.05, 3.63) is 47.6 Å². The molecule has 0 aliphatic heterocycles. The number of aromatic amines is 1. The first-order valence-electron chi connectivity index (χ1n) is 5.96. The quantitative estimate of drug-likeness (QED) is 0.596. The number of halogens is 1. The first kappa shape index (κ1) is 13.5. The summed E-state index contributed by atoms with van der Waals surface area (Å²) in [5, 5.41) is 5.45. The largest absolute Gasteiger partial charge is 0.361 e. The number of H-pyrrole nitrogens is 1. The summed E-state index contributed by atoms with van der Waals surface area (Å²) < 4.78 is 0. The summed E-state index contributed by atoms with van der Waals surface area (Å²) in [7, 11) is 0. The van der Waals surface area contributed by atoms with E-state index in [2.05, 4.69) is 22.9 Å². The molecule has 0 aliphatic rings. The number of benzene rings is 1. The molecule has 18 heavy (non-hydrogen) atoms. The van der Waals surface area contributed by atoms with E-state index in [0.29, 0.717) is 0 Å². The molecule has 2 rings (SSSR count). The van der Waals surface area contributed by atoms with Gasteiger partial charge in [-0.1, -0.05) is 23.7 Å². The fourth-order valence-electron chi connectivity index (χ4n) is 1.84. The van der Waals surface area contributed by atoms with E-state index in [1.54, 1.807) is 0 Å². The number of fused-ring (bicyclic) bond motifs is 1. The SMILES string of the molecule is C=CCSCCNCc1c[nH]c2cc(Cl)ccc12. The van der Waals surface area contributed by atoms with Gasteiger partial charge in [0, 0.05) is 46.7 Å². The lowest BCUT2D eigenvalue weighted by Gasteiger charge is -2.03. The topological polar surface area (TPSA) is 27.8 Å². The highest BCUT2D eigenvalue weighted by atomic mass is 35.5. The zero-order chi connectivity index (χ0) is 12.8. The van der Waals surface area contributed by atoms with Crippen molar-refractivity contribution in [3.63, 3.8) is 0 Å². The molecule has 0 atom stereocenters. The van der Waals surface area contributed by atoms with Crippen molar-refractivity contribution in [1.29, 1.82) is 0 Å². The summed E-state index contributed by atoms with van der Waals surface area (Å²) in [4.78, 5) is 3.25. The Labute approximate surface area is 117 Å². The van der Waals surface area contributed by atoms with E-state index in [4.69, 9.17) is 11.6 Å². The highest BCUT2D eigenvalue weighted by Gasteiger charge is 2.03. The molecule has 2 aromatic rings. The van der Waals surface area contributed by atoms with Crippen LogP contribution in [-0.4, -0.2) is 23.0 Å². The zero-order valence-electron chi connectivity index (χ0n) is 10.2. The van der Waals surface area contributed by atoms with Gasteiger partial charge in [0.2, 0.25) is 0 Å². The third kappa shape index (κ3) is 3.55. The third-order valence-corrected chi connectivity index (χ3v) is 3.90. The van der Waals surface area contributed by atoms with Gasteiger partial charge in [-0.3, -0.25) is 0 Å². The Morgan fingerprint density at radius 1 is 1.44 bits per heavy atom. The van der Waals surface area contributed by atoms with Crippen molar-refractivity contribution in [2.24, 2.45) is 0 Å². The molecule has 2 nitrogen and oxygen atoms in total. The van der Waals surface area contributed by atoms with Crippen LogP contribution < -0.4 is 5.32 Å². The predicted molar refractivity (Wildman–Crippen MR) is 82.5 cm³/mol. The fourth-order valence-corrected chi connectivity index (χ4v) is 2.63. The monoisotopic (exact) mass is 280 g/mol. The van der Waals surface area contributed by atoms with E-state index in [-0.39, 0.29) is 0 Å². The smallest absolute Gasteiger partial charge is 0.0472 e. The molecule has 0 unspecified atom stereocenters. The minimum Gasteiger partial charge on any atom is -0.361 e. The standard InChI is InChI=1S/C14H17ClN2S/c1-2-6-18-7-5-16-9-11-10-17-14-8-12(15)3-4-13(11)14/h2-4,8,10,16-17H,1,5-7,9H2. The Kier molecular flexibility index (Phi) is 5.17. The van der Waals surface area contributed by atoms with E-state index in [0.717, 1.165) is 35.1 Å². The van der Waals surface area contributed by atoms with Crippen molar-refractivity contribution < 1.29 is 0 Å². The van der Waals surface area contributed by atoms with Crippen LogP contribution in [0, 0.1) is 0 Å². The molecule has 2 N–H and O–H groups in total. The lowest BCUT2D eigenvalue weighted by atomic mass is 10.2. The third-order valence-electron chi connectivity index (χ3n) is 2.70. The minimum absolute atomic E-state index is 0.768. The van der Waals surface area contributed by atoms with Crippen molar-refractivity contribution in [1.82, 2.24) is 10.3 Å². The second-order valence-electron chi connectivity index (χ2n) is 4.04. The zero-order valence-corrected chi connectivity index (χ0v) is 11.8. The molecule has 0 saturated heterocycles. The molecule has 0 spiro atoms. The van der Waals surface area contributed by atoms with Gasteiger partial charge in [0.15, 0.2) is 0 Å². The fraction of sp³-hybridized carbons (Fsp3) is 0.286. The lowest BCUT2D eigenvalue weighted by molar-refractivity contribution is 0.736. The van der Waals surface area contributed by atoms with Gasteiger partial charge in [0.25, 0.3) is 0 Å². The second-order valence-corrected chi connectivity index (χ2v) is 5.63. The van der Waals surface area contributed by atoms with Crippen LogP contribution >= 0.6 is 23.4 Å². The maximum absolute atomic E-state index is 5.96.